The second kappa shape index (κ2) is 7.04. The standard InChI is InChI=1S/C18H18N2O4/c1-12(21)19-18(20-13(2)22)10-8-15(9-11-18)17(24)16(23)14-6-4-3-5-7-14/h3-10H,11H2,1-2H3,(H,19,21)(H,20,22). The van der Waals surface area contributed by atoms with Crippen LogP contribution in [-0.2, 0) is 14.4 Å². The zero-order valence-corrected chi connectivity index (χ0v) is 13.5. The summed E-state index contributed by atoms with van der Waals surface area (Å²) in [5.74, 6) is -1.87. The van der Waals surface area contributed by atoms with Gasteiger partial charge in [-0.3, -0.25) is 19.2 Å². The summed E-state index contributed by atoms with van der Waals surface area (Å²) in [4.78, 5) is 47.2. The van der Waals surface area contributed by atoms with Crippen LogP contribution in [0.25, 0.3) is 0 Å². The predicted octanol–water partition coefficient (Wildman–Crippen LogP) is 1.29. The molecule has 0 spiro atoms. The molecule has 1 aliphatic carbocycles. The van der Waals surface area contributed by atoms with Gasteiger partial charge in [0.1, 0.15) is 5.66 Å². The maximum atomic E-state index is 12.3. The number of amides is 2. The molecule has 2 amide bonds. The van der Waals surface area contributed by atoms with Crippen LogP contribution in [0.15, 0.2) is 54.1 Å². The molecule has 0 atom stereocenters. The van der Waals surface area contributed by atoms with Crippen molar-refractivity contribution in [1.82, 2.24) is 10.6 Å². The summed E-state index contributed by atoms with van der Waals surface area (Å²) in [5.41, 5.74) is -0.537. The molecular formula is C18H18N2O4. The fourth-order valence-corrected chi connectivity index (χ4v) is 2.50. The molecule has 124 valence electrons. The van der Waals surface area contributed by atoms with Gasteiger partial charge in [0.15, 0.2) is 0 Å². The fourth-order valence-electron chi connectivity index (χ4n) is 2.50. The Morgan fingerprint density at radius 1 is 0.917 bits per heavy atom. The zero-order chi connectivity index (χ0) is 17.7. The summed E-state index contributed by atoms with van der Waals surface area (Å²) < 4.78 is 0. The van der Waals surface area contributed by atoms with Crippen molar-refractivity contribution in [2.45, 2.75) is 25.9 Å². The highest BCUT2D eigenvalue weighted by Gasteiger charge is 2.32. The summed E-state index contributed by atoms with van der Waals surface area (Å²) in [6.45, 7) is 2.67. The second-order valence-electron chi connectivity index (χ2n) is 5.55. The minimum Gasteiger partial charge on any atom is -0.330 e. The third kappa shape index (κ3) is 4.04. The van der Waals surface area contributed by atoms with Crippen LogP contribution in [0.3, 0.4) is 0 Å². The third-order valence-corrected chi connectivity index (χ3v) is 3.49. The number of carbonyl (C=O) groups is 4. The van der Waals surface area contributed by atoms with E-state index in [9.17, 15) is 19.2 Å². The van der Waals surface area contributed by atoms with E-state index in [1.807, 2.05) is 0 Å². The Bertz CT molecular complexity index is 732. The Morgan fingerprint density at radius 3 is 1.96 bits per heavy atom. The van der Waals surface area contributed by atoms with Gasteiger partial charge < -0.3 is 10.6 Å². The maximum absolute atomic E-state index is 12.3. The molecule has 0 saturated heterocycles. The number of rotatable bonds is 5. The van der Waals surface area contributed by atoms with Gasteiger partial charge in [0.05, 0.1) is 0 Å². The molecule has 2 N–H and O–H groups in total. The molecule has 2 rings (SSSR count). The quantitative estimate of drug-likeness (QED) is 0.484. The first kappa shape index (κ1) is 17.3. The summed E-state index contributed by atoms with van der Waals surface area (Å²) in [6, 6.07) is 8.28. The number of hydrogen-bond acceptors (Lipinski definition) is 4. The van der Waals surface area contributed by atoms with Gasteiger partial charge in [-0.2, -0.15) is 0 Å². The molecule has 1 aromatic carbocycles. The Morgan fingerprint density at radius 2 is 1.50 bits per heavy atom. The number of ketones is 2. The van der Waals surface area contributed by atoms with Crippen LogP contribution >= 0.6 is 0 Å². The Balaban J connectivity index is 2.18. The Hall–Kier alpha value is -3.02. The smallest absolute Gasteiger partial charge is 0.233 e. The van der Waals surface area contributed by atoms with E-state index in [1.165, 1.54) is 32.1 Å². The van der Waals surface area contributed by atoms with E-state index >= 15 is 0 Å². The minimum absolute atomic E-state index is 0.172. The normalized spacial score (nSPS) is 15.2. The van der Waals surface area contributed by atoms with Gasteiger partial charge in [0.2, 0.25) is 23.4 Å². The van der Waals surface area contributed by atoms with Gasteiger partial charge in [0.25, 0.3) is 0 Å². The lowest BCUT2D eigenvalue weighted by atomic mass is 9.92. The highest BCUT2D eigenvalue weighted by Crippen LogP contribution is 2.20. The van der Waals surface area contributed by atoms with Crippen LogP contribution in [0.4, 0.5) is 0 Å². The molecule has 1 aromatic rings. The van der Waals surface area contributed by atoms with Gasteiger partial charge in [-0.1, -0.05) is 42.5 Å². The summed E-state index contributed by atoms with van der Waals surface area (Å²) >= 11 is 0. The molecule has 0 radical (unpaired) electrons. The molecule has 0 unspecified atom stereocenters. The highest BCUT2D eigenvalue weighted by molar-refractivity contribution is 6.49. The summed E-state index contributed by atoms with van der Waals surface area (Å²) in [6.07, 6.45) is 4.67. The van der Waals surface area contributed by atoms with E-state index in [1.54, 1.807) is 30.3 Å². The fraction of sp³-hybridized carbons (Fsp3) is 0.222. The summed E-state index contributed by atoms with van der Waals surface area (Å²) in [7, 11) is 0. The first-order valence-corrected chi connectivity index (χ1v) is 7.44. The molecule has 6 heteroatoms. The summed E-state index contributed by atoms with van der Waals surface area (Å²) in [5, 5.41) is 5.30. The van der Waals surface area contributed by atoms with E-state index < -0.39 is 17.2 Å². The monoisotopic (exact) mass is 326 g/mol. The molecule has 0 bridgehead atoms. The average molecular weight is 326 g/mol. The van der Waals surface area contributed by atoms with Crippen LogP contribution in [-0.4, -0.2) is 29.0 Å². The van der Waals surface area contributed by atoms with E-state index in [0.29, 0.717) is 5.56 Å². The van der Waals surface area contributed by atoms with Crippen molar-refractivity contribution in [2.75, 3.05) is 0 Å². The SMILES string of the molecule is CC(=O)NC1(NC(C)=O)C=CC(C(=O)C(=O)c2ccccc2)=CC1. The molecule has 6 nitrogen and oxygen atoms in total. The molecule has 0 aromatic heterocycles. The maximum Gasteiger partial charge on any atom is 0.233 e. The van der Waals surface area contributed by atoms with Gasteiger partial charge in [-0.25, -0.2) is 0 Å². The van der Waals surface area contributed by atoms with Gasteiger partial charge in [-0.15, -0.1) is 0 Å². The number of carbonyl (C=O) groups excluding carboxylic acids is 4. The molecule has 0 fully saturated rings. The van der Waals surface area contributed by atoms with Crippen molar-refractivity contribution in [3.05, 3.63) is 59.7 Å². The number of nitrogens with one attached hydrogen (secondary N) is 2. The van der Waals surface area contributed by atoms with E-state index in [-0.39, 0.29) is 23.8 Å². The van der Waals surface area contributed by atoms with Crippen molar-refractivity contribution >= 4 is 23.4 Å². The second-order valence-corrected chi connectivity index (χ2v) is 5.55. The highest BCUT2D eigenvalue weighted by atomic mass is 16.2. The lowest BCUT2D eigenvalue weighted by Gasteiger charge is -2.33. The number of benzene rings is 1. The molecule has 1 aliphatic rings. The predicted molar refractivity (Wildman–Crippen MR) is 88.0 cm³/mol. The Kier molecular flexibility index (Phi) is 5.08. The lowest BCUT2D eigenvalue weighted by Crippen LogP contribution is -2.58. The third-order valence-electron chi connectivity index (χ3n) is 3.49. The number of hydrogen-bond donors (Lipinski definition) is 2. The largest absolute Gasteiger partial charge is 0.330 e. The molecular weight excluding hydrogens is 308 g/mol. The van der Waals surface area contributed by atoms with Crippen molar-refractivity contribution in [1.29, 1.82) is 0 Å². The van der Waals surface area contributed by atoms with Crippen molar-refractivity contribution in [3.63, 3.8) is 0 Å². The number of Topliss-reactive ketones (excluding diaryl/α,β-unsaturated/α-hetero) is 2. The average Bonchev–Trinajstić information content (AvgIpc) is 2.53. The minimum atomic E-state index is -1.09. The van der Waals surface area contributed by atoms with E-state index in [0.717, 1.165) is 0 Å². The van der Waals surface area contributed by atoms with Crippen LogP contribution in [0.1, 0.15) is 30.6 Å². The van der Waals surface area contributed by atoms with E-state index in [2.05, 4.69) is 10.6 Å². The van der Waals surface area contributed by atoms with Crippen LogP contribution < -0.4 is 10.6 Å². The number of allylic oxidation sites excluding steroid dienone is 2. The first-order valence-electron chi connectivity index (χ1n) is 7.44. The topological polar surface area (TPSA) is 92.3 Å². The van der Waals surface area contributed by atoms with Crippen LogP contribution in [0, 0.1) is 0 Å². The van der Waals surface area contributed by atoms with Gasteiger partial charge in [0, 0.05) is 31.4 Å². The molecule has 0 saturated carbocycles. The first-order chi connectivity index (χ1) is 11.3. The van der Waals surface area contributed by atoms with Crippen LogP contribution in [0.5, 0.6) is 0 Å². The van der Waals surface area contributed by atoms with E-state index in [4.69, 9.17) is 0 Å². The van der Waals surface area contributed by atoms with Crippen molar-refractivity contribution in [2.24, 2.45) is 0 Å². The molecule has 24 heavy (non-hydrogen) atoms. The lowest BCUT2D eigenvalue weighted by molar-refractivity contribution is -0.123. The molecule has 0 aliphatic heterocycles. The van der Waals surface area contributed by atoms with Crippen molar-refractivity contribution < 1.29 is 19.2 Å². The zero-order valence-electron chi connectivity index (χ0n) is 13.5. The Labute approximate surface area is 139 Å². The van der Waals surface area contributed by atoms with Gasteiger partial charge in [-0.05, 0) is 6.08 Å². The van der Waals surface area contributed by atoms with Gasteiger partial charge >= 0.3 is 0 Å². The van der Waals surface area contributed by atoms with Crippen LogP contribution in [0.2, 0.25) is 0 Å². The van der Waals surface area contributed by atoms with Crippen molar-refractivity contribution in [3.8, 4) is 0 Å². The molecule has 0 heterocycles.